The van der Waals surface area contributed by atoms with Crippen molar-refractivity contribution in [2.75, 3.05) is 13.1 Å². The molecule has 0 saturated heterocycles. The predicted molar refractivity (Wildman–Crippen MR) is 155 cm³/mol. The van der Waals surface area contributed by atoms with Gasteiger partial charge in [-0.15, -0.1) is 0 Å². The molecule has 0 bridgehead atoms. The maximum Gasteiger partial charge on any atom is 0.243 e. The summed E-state index contributed by atoms with van der Waals surface area (Å²) in [6, 6.07) is 15.8. The van der Waals surface area contributed by atoms with Gasteiger partial charge in [0.1, 0.15) is 11.4 Å². The van der Waals surface area contributed by atoms with E-state index in [2.05, 4.69) is 32.9 Å². The quantitative estimate of drug-likeness (QED) is 0.185. The first-order valence-electron chi connectivity index (χ1n) is 13.1. The summed E-state index contributed by atoms with van der Waals surface area (Å²) in [7, 11) is 0. The van der Waals surface area contributed by atoms with Crippen LogP contribution in [0.1, 0.15) is 12.8 Å². The summed E-state index contributed by atoms with van der Waals surface area (Å²) in [5, 5.41) is 5.64. The third-order valence-corrected chi connectivity index (χ3v) is 6.51. The van der Waals surface area contributed by atoms with Crippen LogP contribution in [0, 0.1) is 0 Å². The summed E-state index contributed by atoms with van der Waals surface area (Å²) in [6.07, 6.45) is 7.42. The number of amides is 2. The lowest BCUT2D eigenvalue weighted by Gasteiger charge is -2.11. The number of hydrogen-bond acceptors (Lipinski definition) is 6. The van der Waals surface area contributed by atoms with Gasteiger partial charge >= 0.3 is 0 Å². The van der Waals surface area contributed by atoms with Crippen LogP contribution in [0.4, 0.5) is 0 Å². The molecule has 3 heterocycles. The molecule has 0 atom stereocenters. The minimum atomic E-state index is -0.190. The Morgan fingerprint density at radius 3 is 1.52 bits per heavy atom. The number of benzene rings is 2. The monoisotopic (exact) mass is 534 g/mol. The normalized spacial score (nSPS) is 11.0. The molecule has 5 aromatic rings. The van der Waals surface area contributed by atoms with Crippen LogP contribution >= 0.6 is 0 Å². The third-order valence-electron chi connectivity index (χ3n) is 6.51. The van der Waals surface area contributed by atoms with E-state index >= 15 is 0 Å². The van der Waals surface area contributed by atoms with Gasteiger partial charge in [-0.2, -0.15) is 0 Å². The van der Waals surface area contributed by atoms with Gasteiger partial charge < -0.3 is 19.8 Å². The minimum absolute atomic E-state index is 0.190. The van der Waals surface area contributed by atoms with Crippen molar-refractivity contribution in [3.63, 3.8) is 0 Å². The SMILES string of the molecule is C=CC(=O)NCCCn1c(-c2cnc(-c3nc4ccccc4n3CCCNC(=O)C=C)cn2)nc2ccccc21. The lowest BCUT2D eigenvalue weighted by atomic mass is 10.3. The van der Waals surface area contributed by atoms with Crippen molar-refractivity contribution in [2.24, 2.45) is 0 Å². The highest BCUT2D eigenvalue weighted by Crippen LogP contribution is 2.27. The Morgan fingerprint density at radius 2 is 1.12 bits per heavy atom. The molecule has 10 heteroatoms. The standard InChI is InChI=1S/C30H30N8O2/c1-3-27(39)31-15-9-17-37-25-13-7-5-11-21(25)35-29(37)23-19-34-24(20-33-23)30-36-22-12-6-8-14-26(22)38(30)18-10-16-32-28(40)4-2/h3-8,11-14,19-20H,1-2,9-10,15-18H2,(H,31,39)(H,32,40). The summed E-state index contributed by atoms with van der Waals surface area (Å²) in [5.74, 6) is 1.04. The van der Waals surface area contributed by atoms with Crippen LogP contribution in [-0.2, 0) is 22.7 Å². The number of imidazole rings is 2. The molecule has 0 fully saturated rings. The number of carbonyl (C=O) groups is 2. The number of aryl methyl sites for hydroxylation is 2. The Labute approximate surface area is 231 Å². The van der Waals surface area contributed by atoms with Crippen LogP contribution in [0.5, 0.6) is 0 Å². The van der Waals surface area contributed by atoms with Gasteiger partial charge in [-0.1, -0.05) is 37.4 Å². The van der Waals surface area contributed by atoms with Crippen LogP contribution in [0.15, 0.2) is 86.2 Å². The molecule has 2 amide bonds. The largest absolute Gasteiger partial charge is 0.353 e. The van der Waals surface area contributed by atoms with Gasteiger partial charge in [-0.3, -0.25) is 9.59 Å². The molecule has 0 radical (unpaired) electrons. The molecule has 0 unspecified atom stereocenters. The lowest BCUT2D eigenvalue weighted by Crippen LogP contribution is -2.23. The lowest BCUT2D eigenvalue weighted by molar-refractivity contribution is -0.117. The van der Waals surface area contributed by atoms with Crippen molar-refractivity contribution in [2.45, 2.75) is 25.9 Å². The first kappa shape index (κ1) is 26.5. The number of nitrogens with zero attached hydrogens (tertiary/aromatic N) is 6. The molecule has 0 aliphatic heterocycles. The van der Waals surface area contributed by atoms with E-state index in [9.17, 15) is 9.59 Å². The van der Waals surface area contributed by atoms with E-state index in [1.807, 2.05) is 48.5 Å². The fraction of sp³-hybridized carbons (Fsp3) is 0.200. The summed E-state index contributed by atoms with van der Waals surface area (Å²) in [5.41, 5.74) is 5.00. The molecule has 0 saturated carbocycles. The third kappa shape index (κ3) is 5.65. The maximum absolute atomic E-state index is 11.5. The Hall–Kier alpha value is -5.12. The summed E-state index contributed by atoms with van der Waals surface area (Å²) < 4.78 is 4.21. The van der Waals surface area contributed by atoms with Crippen LogP contribution in [0.25, 0.3) is 45.1 Å². The van der Waals surface area contributed by atoms with E-state index < -0.39 is 0 Å². The van der Waals surface area contributed by atoms with Crippen molar-refractivity contribution < 1.29 is 9.59 Å². The van der Waals surface area contributed by atoms with Crippen molar-refractivity contribution >= 4 is 33.9 Å². The van der Waals surface area contributed by atoms with E-state index in [-0.39, 0.29) is 11.8 Å². The molecule has 3 aromatic heterocycles. The molecule has 5 rings (SSSR count). The van der Waals surface area contributed by atoms with Gasteiger partial charge in [0.2, 0.25) is 11.8 Å². The Morgan fingerprint density at radius 1 is 0.700 bits per heavy atom. The van der Waals surface area contributed by atoms with Gasteiger partial charge in [-0.25, -0.2) is 19.9 Å². The van der Waals surface area contributed by atoms with Crippen LogP contribution < -0.4 is 10.6 Å². The molecule has 0 aliphatic rings. The van der Waals surface area contributed by atoms with Crippen molar-refractivity contribution in [3.05, 3.63) is 86.2 Å². The summed E-state index contributed by atoms with van der Waals surface area (Å²) in [4.78, 5) is 42.2. The first-order chi connectivity index (χ1) is 19.6. The number of fused-ring (bicyclic) bond motifs is 2. The van der Waals surface area contributed by atoms with Gasteiger partial charge in [0.25, 0.3) is 0 Å². The van der Waals surface area contributed by atoms with Gasteiger partial charge in [0.15, 0.2) is 11.6 Å². The molecule has 2 N–H and O–H groups in total. The van der Waals surface area contributed by atoms with E-state index in [4.69, 9.17) is 19.9 Å². The Balaban J connectivity index is 1.42. The fourth-order valence-corrected chi connectivity index (χ4v) is 4.60. The number of carbonyl (C=O) groups excluding carboxylic acids is 2. The highest BCUT2D eigenvalue weighted by molar-refractivity contribution is 5.87. The first-order valence-corrected chi connectivity index (χ1v) is 13.1. The molecule has 0 spiro atoms. The number of rotatable bonds is 12. The Kier molecular flexibility index (Phi) is 8.05. The van der Waals surface area contributed by atoms with Crippen molar-refractivity contribution in [3.8, 4) is 23.0 Å². The van der Waals surface area contributed by atoms with Gasteiger partial charge in [0.05, 0.1) is 34.5 Å². The Bertz CT molecular complexity index is 1560. The molecule has 2 aromatic carbocycles. The average Bonchev–Trinajstić information content (AvgIpc) is 3.55. The number of para-hydroxylation sites is 4. The second-order valence-electron chi connectivity index (χ2n) is 9.14. The molecule has 10 nitrogen and oxygen atoms in total. The zero-order valence-corrected chi connectivity index (χ0v) is 22.1. The van der Waals surface area contributed by atoms with E-state index in [0.29, 0.717) is 49.2 Å². The minimum Gasteiger partial charge on any atom is -0.353 e. The van der Waals surface area contributed by atoms with Crippen molar-refractivity contribution in [1.29, 1.82) is 0 Å². The van der Waals surface area contributed by atoms with Gasteiger partial charge in [0, 0.05) is 26.2 Å². The fourth-order valence-electron chi connectivity index (χ4n) is 4.60. The summed E-state index contributed by atoms with van der Waals surface area (Å²) >= 11 is 0. The molecule has 202 valence electrons. The number of nitrogens with one attached hydrogen (secondary N) is 2. The van der Waals surface area contributed by atoms with E-state index in [1.165, 1.54) is 12.2 Å². The van der Waals surface area contributed by atoms with Crippen molar-refractivity contribution in [1.82, 2.24) is 39.7 Å². The second kappa shape index (κ2) is 12.2. The van der Waals surface area contributed by atoms with Crippen LogP contribution in [0.2, 0.25) is 0 Å². The summed E-state index contributed by atoms with van der Waals surface area (Å²) in [6.45, 7) is 9.32. The number of aromatic nitrogens is 6. The van der Waals surface area contributed by atoms with E-state index in [1.54, 1.807) is 12.4 Å². The zero-order valence-electron chi connectivity index (χ0n) is 22.1. The second-order valence-corrected chi connectivity index (χ2v) is 9.14. The van der Waals surface area contributed by atoms with Crippen LogP contribution in [0.3, 0.4) is 0 Å². The maximum atomic E-state index is 11.5. The molecular formula is C30H30N8O2. The van der Waals surface area contributed by atoms with Crippen LogP contribution in [-0.4, -0.2) is 54.0 Å². The topological polar surface area (TPSA) is 120 Å². The van der Waals surface area contributed by atoms with Gasteiger partial charge in [-0.05, 0) is 49.3 Å². The molecular weight excluding hydrogens is 504 g/mol. The average molecular weight is 535 g/mol. The highest BCUT2D eigenvalue weighted by Gasteiger charge is 2.17. The molecule has 0 aliphatic carbocycles. The zero-order chi connectivity index (χ0) is 27.9. The smallest absolute Gasteiger partial charge is 0.243 e. The highest BCUT2D eigenvalue weighted by atomic mass is 16.2. The number of hydrogen-bond donors (Lipinski definition) is 2. The molecule has 40 heavy (non-hydrogen) atoms. The van der Waals surface area contributed by atoms with E-state index in [0.717, 1.165) is 34.9 Å². The predicted octanol–water partition coefficient (Wildman–Crippen LogP) is 3.89.